The van der Waals surface area contributed by atoms with E-state index in [0.717, 1.165) is 18.1 Å². The van der Waals surface area contributed by atoms with Gasteiger partial charge in [-0.15, -0.1) is 22.7 Å². The van der Waals surface area contributed by atoms with Gasteiger partial charge in [0.05, 0.1) is 5.01 Å². The first-order chi connectivity index (χ1) is 6.45. The molecular weight excluding hydrogens is 202 g/mol. The third kappa shape index (κ3) is 2.50. The van der Waals surface area contributed by atoms with Gasteiger partial charge in [0.15, 0.2) is 5.13 Å². The van der Waals surface area contributed by atoms with Crippen molar-refractivity contribution >= 4 is 27.8 Å². The number of thiazole rings is 2. The summed E-state index contributed by atoms with van der Waals surface area (Å²) in [6.45, 7) is 0.904. The largest absolute Gasteiger partial charge is 0.361 e. The number of hydrogen-bond acceptors (Lipinski definition) is 5. The lowest BCUT2D eigenvalue weighted by molar-refractivity contribution is 0.995. The highest BCUT2D eigenvalue weighted by molar-refractivity contribution is 7.13. The van der Waals surface area contributed by atoms with Crippen molar-refractivity contribution in [2.75, 3.05) is 11.9 Å². The minimum atomic E-state index is 0.904. The van der Waals surface area contributed by atoms with Gasteiger partial charge in [-0.05, 0) is 0 Å². The van der Waals surface area contributed by atoms with Gasteiger partial charge in [-0.2, -0.15) is 0 Å². The lowest BCUT2D eigenvalue weighted by Crippen LogP contribution is -2.03. The summed E-state index contributed by atoms with van der Waals surface area (Å²) in [6.07, 6.45) is 4.61. The molecule has 0 amide bonds. The van der Waals surface area contributed by atoms with Gasteiger partial charge in [0.1, 0.15) is 0 Å². The van der Waals surface area contributed by atoms with E-state index in [0.29, 0.717) is 0 Å². The van der Waals surface area contributed by atoms with Crippen molar-refractivity contribution < 1.29 is 0 Å². The molecule has 1 N–H and O–H groups in total. The molecule has 3 nitrogen and oxygen atoms in total. The van der Waals surface area contributed by atoms with Crippen LogP contribution < -0.4 is 5.32 Å². The van der Waals surface area contributed by atoms with Crippen LogP contribution >= 0.6 is 22.7 Å². The van der Waals surface area contributed by atoms with Crippen LogP contribution in [-0.4, -0.2) is 16.5 Å². The number of nitrogens with one attached hydrogen (secondary N) is 1. The fourth-order valence-corrected chi connectivity index (χ4v) is 2.14. The molecule has 2 rings (SSSR count). The zero-order valence-electron chi connectivity index (χ0n) is 6.93. The molecule has 0 aromatic carbocycles. The second-order valence-electron chi connectivity index (χ2n) is 2.44. The van der Waals surface area contributed by atoms with E-state index >= 15 is 0 Å². The monoisotopic (exact) mass is 211 g/mol. The topological polar surface area (TPSA) is 37.8 Å². The van der Waals surface area contributed by atoms with E-state index in [1.165, 1.54) is 5.01 Å². The molecular formula is C8H9N3S2. The fourth-order valence-electron chi connectivity index (χ4n) is 0.964. The molecule has 13 heavy (non-hydrogen) atoms. The first-order valence-electron chi connectivity index (χ1n) is 3.97. The van der Waals surface area contributed by atoms with Crippen LogP contribution in [0.5, 0.6) is 0 Å². The second kappa shape index (κ2) is 4.34. The smallest absolute Gasteiger partial charge is 0.182 e. The summed E-state index contributed by atoms with van der Waals surface area (Å²) >= 11 is 3.31. The maximum atomic E-state index is 4.20. The van der Waals surface area contributed by atoms with E-state index in [4.69, 9.17) is 0 Å². The highest BCUT2D eigenvalue weighted by Gasteiger charge is 1.96. The number of nitrogens with zero attached hydrogens (tertiary/aromatic N) is 2. The molecule has 0 unspecified atom stereocenters. The Kier molecular flexibility index (Phi) is 2.89. The van der Waals surface area contributed by atoms with Crippen molar-refractivity contribution in [1.82, 2.24) is 9.97 Å². The molecule has 0 radical (unpaired) electrons. The Balaban J connectivity index is 1.76. The third-order valence-corrected chi connectivity index (χ3v) is 3.10. The minimum absolute atomic E-state index is 0.904. The van der Waals surface area contributed by atoms with Gasteiger partial charge in [0.25, 0.3) is 0 Å². The van der Waals surface area contributed by atoms with Crippen molar-refractivity contribution in [1.29, 1.82) is 0 Å². The van der Waals surface area contributed by atoms with Crippen LogP contribution in [0.4, 0.5) is 5.13 Å². The average molecular weight is 211 g/mol. The summed E-state index contributed by atoms with van der Waals surface area (Å²) in [5.41, 5.74) is 0. The van der Waals surface area contributed by atoms with Gasteiger partial charge >= 0.3 is 0 Å². The van der Waals surface area contributed by atoms with E-state index in [1.807, 2.05) is 17.0 Å². The molecule has 0 bridgehead atoms. The average Bonchev–Trinajstić information content (AvgIpc) is 2.75. The summed E-state index contributed by atoms with van der Waals surface area (Å²) in [4.78, 5) is 8.32. The third-order valence-electron chi connectivity index (χ3n) is 1.53. The van der Waals surface area contributed by atoms with Crippen LogP contribution in [0.25, 0.3) is 0 Å². The van der Waals surface area contributed by atoms with Gasteiger partial charge in [0.2, 0.25) is 0 Å². The Morgan fingerprint density at radius 2 is 2.00 bits per heavy atom. The zero-order valence-corrected chi connectivity index (χ0v) is 8.57. The summed E-state index contributed by atoms with van der Waals surface area (Å²) in [5, 5.41) is 9.35. The molecule has 0 atom stereocenters. The van der Waals surface area contributed by atoms with Crippen LogP contribution in [0.15, 0.2) is 23.2 Å². The van der Waals surface area contributed by atoms with E-state index < -0.39 is 0 Å². The zero-order chi connectivity index (χ0) is 8.93. The Labute approximate surface area is 84.5 Å². The van der Waals surface area contributed by atoms with Crippen molar-refractivity contribution in [2.45, 2.75) is 6.42 Å². The molecule has 2 aromatic rings. The summed E-state index contributed by atoms with van der Waals surface area (Å²) in [5.74, 6) is 0. The summed E-state index contributed by atoms with van der Waals surface area (Å²) in [7, 11) is 0. The van der Waals surface area contributed by atoms with Gasteiger partial charge in [0, 0.05) is 36.1 Å². The molecule has 2 heterocycles. The normalized spacial score (nSPS) is 10.2. The number of anilines is 1. The van der Waals surface area contributed by atoms with Crippen molar-refractivity contribution in [3.8, 4) is 0 Å². The summed E-state index contributed by atoms with van der Waals surface area (Å²) < 4.78 is 0. The van der Waals surface area contributed by atoms with Gasteiger partial charge in [-0.3, -0.25) is 0 Å². The molecule has 0 fully saturated rings. The van der Waals surface area contributed by atoms with Crippen LogP contribution in [0.3, 0.4) is 0 Å². The lowest BCUT2D eigenvalue weighted by Gasteiger charge is -1.98. The highest BCUT2D eigenvalue weighted by atomic mass is 32.1. The Morgan fingerprint density at radius 3 is 2.69 bits per heavy atom. The lowest BCUT2D eigenvalue weighted by atomic mass is 10.4. The number of rotatable bonds is 4. The predicted molar refractivity (Wildman–Crippen MR) is 56.4 cm³/mol. The van der Waals surface area contributed by atoms with E-state index in [9.17, 15) is 0 Å². The Morgan fingerprint density at radius 1 is 1.15 bits per heavy atom. The van der Waals surface area contributed by atoms with E-state index in [1.54, 1.807) is 28.9 Å². The van der Waals surface area contributed by atoms with Crippen LogP contribution in [0.2, 0.25) is 0 Å². The van der Waals surface area contributed by atoms with Gasteiger partial charge < -0.3 is 5.32 Å². The van der Waals surface area contributed by atoms with Gasteiger partial charge in [-0.1, -0.05) is 0 Å². The molecule has 5 heteroatoms. The first-order valence-corrected chi connectivity index (χ1v) is 5.73. The molecule has 68 valence electrons. The van der Waals surface area contributed by atoms with Crippen LogP contribution in [0.1, 0.15) is 5.01 Å². The highest BCUT2D eigenvalue weighted by Crippen LogP contribution is 2.10. The molecule has 0 aliphatic heterocycles. The molecule has 0 saturated heterocycles. The molecule has 0 aliphatic carbocycles. The van der Waals surface area contributed by atoms with Crippen LogP contribution in [0, 0.1) is 0 Å². The quantitative estimate of drug-likeness (QED) is 0.843. The Bertz CT molecular complexity index is 294. The molecule has 2 aromatic heterocycles. The minimum Gasteiger partial charge on any atom is -0.361 e. The van der Waals surface area contributed by atoms with Crippen molar-refractivity contribution in [3.05, 3.63) is 28.2 Å². The van der Waals surface area contributed by atoms with Crippen LogP contribution in [-0.2, 0) is 6.42 Å². The number of hydrogen-bond donors (Lipinski definition) is 1. The van der Waals surface area contributed by atoms with Crippen molar-refractivity contribution in [2.24, 2.45) is 0 Å². The standard InChI is InChI=1S/C8H9N3S2/c1(7-9-3-5-12-7)2-10-8-11-4-6-13-8/h3-6H,1-2H2,(H,10,11). The SMILES string of the molecule is c1csc(CCNc2nccs2)n1. The maximum absolute atomic E-state index is 4.20. The Hall–Kier alpha value is -0.940. The number of aromatic nitrogens is 2. The van der Waals surface area contributed by atoms with E-state index in [-0.39, 0.29) is 0 Å². The molecule has 0 aliphatic rings. The van der Waals surface area contributed by atoms with Gasteiger partial charge in [-0.25, -0.2) is 9.97 Å². The van der Waals surface area contributed by atoms with E-state index in [2.05, 4.69) is 15.3 Å². The fraction of sp³-hybridized carbons (Fsp3) is 0.250. The predicted octanol–water partition coefficient (Wildman–Crippen LogP) is 2.25. The second-order valence-corrected chi connectivity index (χ2v) is 4.31. The summed E-state index contributed by atoms with van der Waals surface area (Å²) in [6, 6.07) is 0. The molecule has 0 spiro atoms. The maximum Gasteiger partial charge on any atom is 0.182 e. The first kappa shape index (κ1) is 8.65. The molecule has 0 saturated carbocycles. The van der Waals surface area contributed by atoms with Crippen molar-refractivity contribution in [3.63, 3.8) is 0 Å².